The van der Waals surface area contributed by atoms with E-state index in [0.29, 0.717) is 12.8 Å². The summed E-state index contributed by atoms with van der Waals surface area (Å²) in [5.74, 6) is 0. The van der Waals surface area contributed by atoms with Crippen molar-refractivity contribution in [1.29, 1.82) is 0 Å². The molecular weight excluding hydrogens is 310 g/mol. The lowest BCUT2D eigenvalue weighted by Crippen LogP contribution is -2.43. The zero-order chi connectivity index (χ0) is 18.8. The zero-order valence-corrected chi connectivity index (χ0v) is 17.5. The third-order valence-electron chi connectivity index (χ3n) is 5.27. The molecule has 0 amide bonds. The van der Waals surface area contributed by atoms with Gasteiger partial charge < -0.3 is 10.2 Å². The molecule has 3 heteroatoms. The van der Waals surface area contributed by atoms with Crippen molar-refractivity contribution in [3.63, 3.8) is 0 Å². The van der Waals surface area contributed by atoms with Crippen LogP contribution in [0.25, 0.3) is 0 Å². The molecule has 0 rings (SSSR count). The lowest BCUT2D eigenvalue weighted by atomic mass is 10.0. The Morgan fingerprint density at radius 1 is 0.520 bits per heavy atom. The largest absolute Gasteiger partial charge is 0.378 e. The summed E-state index contributed by atoms with van der Waals surface area (Å²) in [5, 5.41) is 20.0. The van der Waals surface area contributed by atoms with E-state index in [2.05, 4.69) is 6.92 Å². The Bertz CT molecular complexity index is 250. The summed E-state index contributed by atoms with van der Waals surface area (Å²) in [6.07, 6.45) is 19.3. The van der Waals surface area contributed by atoms with E-state index in [-0.39, 0.29) is 0 Å². The normalized spacial score (nSPS) is 14.2. The van der Waals surface area contributed by atoms with Crippen LogP contribution in [0.3, 0.4) is 0 Å². The number of nitrogens with zero attached hydrogens (tertiary/aromatic N) is 1. The fourth-order valence-electron chi connectivity index (χ4n) is 3.45. The third kappa shape index (κ3) is 14.7. The molecule has 3 nitrogen and oxygen atoms in total. The van der Waals surface area contributed by atoms with Crippen LogP contribution < -0.4 is 0 Å². The summed E-state index contributed by atoms with van der Waals surface area (Å²) in [6.45, 7) is 7.01. The van der Waals surface area contributed by atoms with Crippen molar-refractivity contribution in [2.75, 3.05) is 6.54 Å². The molecule has 0 radical (unpaired) electrons. The summed E-state index contributed by atoms with van der Waals surface area (Å²) in [5.41, 5.74) is 0. The maximum Gasteiger partial charge on any atom is 0.109 e. The quantitative estimate of drug-likeness (QED) is 0.213. The van der Waals surface area contributed by atoms with Gasteiger partial charge in [-0.05, 0) is 19.3 Å². The Morgan fingerprint density at radius 3 is 1.16 bits per heavy atom. The first-order valence-corrected chi connectivity index (χ1v) is 11.3. The number of rotatable bonds is 19. The molecule has 0 saturated heterocycles. The molecule has 2 N–H and O–H groups in total. The van der Waals surface area contributed by atoms with Gasteiger partial charge in [-0.3, -0.25) is 4.90 Å². The van der Waals surface area contributed by atoms with Gasteiger partial charge in [0.25, 0.3) is 0 Å². The molecular formula is C22H47NO2. The van der Waals surface area contributed by atoms with E-state index in [0.717, 1.165) is 13.0 Å². The van der Waals surface area contributed by atoms with Gasteiger partial charge in [0, 0.05) is 6.54 Å². The van der Waals surface area contributed by atoms with Gasteiger partial charge in [-0.1, -0.05) is 104 Å². The second-order valence-electron chi connectivity index (χ2n) is 7.61. The number of aliphatic hydroxyl groups excluding tert-OH is 2. The van der Waals surface area contributed by atoms with Gasteiger partial charge in [-0.15, -0.1) is 0 Å². The van der Waals surface area contributed by atoms with Crippen molar-refractivity contribution >= 4 is 0 Å². The minimum Gasteiger partial charge on any atom is -0.378 e. The number of hydrogen-bond acceptors (Lipinski definition) is 3. The molecule has 0 aromatic heterocycles. The van der Waals surface area contributed by atoms with Crippen LogP contribution in [0.2, 0.25) is 0 Å². The third-order valence-corrected chi connectivity index (χ3v) is 5.27. The van der Waals surface area contributed by atoms with E-state index in [1.54, 1.807) is 0 Å². The van der Waals surface area contributed by atoms with Gasteiger partial charge in [0.15, 0.2) is 0 Å². The fraction of sp³-hybridized carbons (Fsp3) is 1.00. The monoisotopic (exact) mass is 357 g/mol. The van der Waals surface area contributed by atoms with Crippen LogP contribution in [-0.4, -0.2) is 34.1 Å². The summed E-state index contributed by atoms with van der Waals surface area (Å²) < 4.78 is 0. The Balaban J connectivity index is 3.40. The molecule has 0 aliphatic rings. The van der Waals surface area contributed by atoms with Gasteiger partial charge in [-0.2, -0.15) is 0 Å². The number of aliphatic hydroxyl groups is 2. The highest BCUT2D eigenvalue weighted by atomic mass is 16.3. The topological polar surface area (TPSA) is 43.7 Å². The van der Waals surface area contributed by atoms with E-state index >= 15 is 0 Å². The van der Waals surface area contributed by atoms with Crippen LogP contribution in [0.4, 0.5) is 0 Å². The van der Waals surface area contributed by atoms with Crippen molar-refractivity contribution in [2.45, 2.75) is 136 Å². The smallest absolute Gasteiger partial charge is 0.109 e. The molecule has 0 aliphatic carbocycles. The van der Waals surface area contributed by atoms with E-state index in [4.69, 9.17) is 0 Å². The lowest BCUT2D eigenvalue weighted by Gasteiger charge is -2.31. The molecule has 0 aromatic rings. The second-order valence-corrected chi connectivity index (χ2v) is 7.61. The van der Waals surface area contributed by atoms with Crippen LogP contribution in [0.15, 0.2) is 0 Å². The Morgan fingerprint density at radius 2 is 0.840 bits per heavy atom. The van der Waals surface area contributed by atoms with Crippen LogP contribution in [0, 0.1) is 0 Å². The van der Waals surface area contributed by atoms with Crippen molar-refractivity contribution in [3.05, 3.63) is 0 Å². The van der Waals surface area contributed by atoms with Crippen LogP contribution in [0.5, 0.6) is 0 Å². The van der Waals surface area contributed by atoms with Gasteiger partial charge >= 0.3 is 0 Å². The van der Waals surface area contributed by atoms with E-state index in [1.165, 1.54) is 83.5 Å². The standard InChI is InChI=1S/C22H47NO2/c1-4-7-8-9-10-11-12-13-14-15-16-17-18-19-20-23(21(24)5-2)22(25)6-3/h21-22,24-25H,4-20H2,1-3H3. The molecule has 0 heterocycles. The Kier molecular flexibility index (Phi) is 18.6. The van der Waals surface area contributed by atoms with Crippen LogP contribution in [-0.2, 0) is 0 Å². The first-order valence-electron chi connectivity index (χ1n) is 11.3. The van der Waals surface area contributed by atoms with Crippen LogP contribution in [0.1, 0.15) is 124 Å². The highest BCUT2D eigenvalue weighted by Gasteiger charge is 2.19. The Hall–Kier alpha value is -0.120. The van der Waals surface area contributed by atoms with Crippen molar-refractivity contribution in [2.24, 2.45) is 0 Å². The van der Waals surface area contributed by atoms with Crippen molar-refractivity contribution in [3.8, 4) is 0 Å². The SMILES string of the molecule is CCCCCCCCCCCCCCCCN(C(O)CC)C(O)CC. The number of hydrogen-bond donors (Lipinski definition) is 2. The highest BCUT2D eigenvalue weighted by molar-refractivity contribution is 4.64. The zero-order valence-electron chi connectivity index (χ0n) is 17.5. The Labute approximate surface area is 158 Å². The second kappa shape index (κ2) is 18.7. The van der Waals surface area contributed by atoms with Crippen LogP contribution >= 0.6 is 0 Å². The molecule has 152 valence electrons. The van der Waals surface area contributed by atoms with Gasteiger partial charge in [0.1, 0.15) is 12.5 Å². The molecule has 0 aliphatic heterocycles. The molecule has 0 saturated carbocycles. The summed E-state index contributed by atoms with van der Waals surface area (Å²) in [6, 6.07) is 0. The van der Waals surface area contributed by atoms with E-state index in [1.807, 2.05) is 18.7 Å². The lowest BCUT2D eigenvalue weighted by molar-refractivity contribution is -0.104. The molecule has 2 unspecified atom stereocenters. The molecule has 2 atom stereocenters. The number of unbranched alkanes of at least 4 members (excludes halogenated alkanes) is 13. The summed E-state index contributed by atoms with van der Waals surface area (Å²) in [7, 11) is 0. The summed E-state index contributed by atoms with van der Waals surface area (Å²) in [4.78, 5) is 1.85. The minimum atomic E-state index is -0.503. The first-order chi connectivity index (χ1) is 12.2. The molecule has 0 bridgehead atoms. The van der Waals surface area contributed by atoms with Gasteiger partial charge in [-0.25, -0.2) is 0 Å². The predicted octanol–water partition coefficient (Wildman–Crippen LogP) is 6.23. The maximum atomic E-state index is 9.99. The molecule has 0 fully saturated rings. The molecule has 0 spiro atoms. The van der Waals surface area contributed by atoms with Gasteiger partial charge in [0.05, 0.1) is 0 Å². The van der Waals surface area contributed by atoms with Gasteiger partial charge in [0.2, 0.25) is 0 Å². The minimum absolute atomic E-state index is 0.503. The van der Waals surface area contributed by atoms with Crippen molar-refractivity contribution in [1.82, 2.24) is 4.90 Å². The maximum absolute atomic E-state index is 9.99. The average molecular weight is 358 g/mol. The predicted molar refractivity (Wildman–Crippen MR) is 110 cm³/mol. The van der Waals surface area contributed by atoms with Crippen molar-refractivity contribution < 1.29 is 10.2 Å². The van der Waals surface area contributed by atoms with E-state index in [9.17, 15) is 10.2 Å². The first kappa shape index (κ1) is 24.9. The summed E-state index contributed by atoms with van der Waals surface area (Å²) >= 11 is 0. The highest BCUT2D eigenvalue weighted by Crippen LogP contribution is 2.14. The fourth-order valence-corrected chi connectivity index (χ4v) is 3.45. The molecule has 0 aromatic carbocycles. The molecule has 25 heavy (non-hydrogen) atoms. The average Bonchev–Trinajstić information content (AvgIpc) is 2.63. The van der Waals surface area contributed by atoms with E-state index < -0.39 is 12.5 Å².